The molecule has 0 spiro atoms. The molecule has 1 fully saturated rings. The Morgan fingerprint density at radius 1 is 1.30 bits per heavy atom. The Kier molecular flexibility index (Phi) is 5.56. The summed E-state index contributed by atoms with van der Waals surface area (Å²) in [6, 6.07) is 7.77. The van der Waals surface area contributed by atoms with Crippen LogP contribution >= 0.6 is 0 Å². The molecule has 110 valence electrons. The van der Waals surface area contributed by atoms with Gasteiger partial charge < -0.3 is 15.4 Å². The molecule has 0 saturated carbocycles. The van der Waals surface area contributed by atoms with E-state index in [1.54, 1.807) is 0 Å². The summed E-state index contributed by atoms with van der Waals surface area (Å²) in [7, 11) is 0. The fraction of sp³-hybridized carbons (Fsp3) is 0.562. The maximum Gasteiger partial charge on any atom is 0.253 e. The summed E-state index contributed by atoms with van der Waals surface area (Å²) in [5.41, 5.74) is 7.40. The third-order valence-electron chi connectivity index (χ3n) is 3.73. The van der Waals surface area contributed by atoms with Gasteiger partial charge in [-0.2, -0.15) is 0 Å². The number of likely N-dealkylation sites (tertiary alicyclic amines) is 1. The lowest BCUT2D eigenvalue weighted by molar-refractivity contribution is 0.00845. The second kappa shape index (κ2) is 7.41. The summed E-state index contributed by atoms with van der Waals surface area (Å²) in [5.74, 6) is 0.130. The average Bonchev–Trinajstić information content (AvgIpc) is 2.48. The van der Waals surface area contributed by atoms with Crippen LogP contribution in [0, 0.1) is 6.92 Å². The van der Waals surface area contributed by atoms with Gasteiger partial charge in [0.1, 0.15) is 0 Å². The van der Waals surface area contributed by atoms with E-state index < -0.39 is 0 Å². The molecule has 1 aliphatic heterocycles. The van der Waals surface area contributed by atoms with E-state index in [1.165, 1.54) is 5.56 Å². The molecule has 1 aliphatic rings. The Hall–Kier alpha value is -1.39. The number of hydrogen-bond donors (Lipinski definition) is 1. The number of carbonyl (C=O) groups excluding carboxylic acids is 1. The van der Waals surface area contributed by atoms with Crippen LogP contribution in [0.2, 0.25) is 0 Å². The fourth-order valence-electron chi connectivity index (χ4n) is 2.44. The minimum Gasteiger partial charge on any atom is -0.378 e. The van der Waals surface area contributed by atoms with Crippen molar-refractivity contribution in [1.82, 2.24) is 4.90 Å². The molecule has 4 nitrogen and oxygen atoms in total. The quantitative estimate of drug-likeness (QED) is 0.836. The Labute approximate surface area is 120 Å². The van der Waals surface area contributed by atoms with Crippen LogP contribution in [0.1, 0.15) is 35.2 Å². The van der Waals surface area contributed by atoms with E-state index in [0.717, 1.165) is 44.5 Å². The molecule has 1 heterocycles. The van der Waals surface area contributed by atoms with Crippen molar-refractivity contribution in [1.29, 1.82) is 0 Å². The first kappa shape index (κ1) is 15.0. The number of rotatable bonds is 5. The van der Waals surface area contributed by atoms with Crippen molar-refractivity contribution in [3.8, 4) is 0 Å². The summed E-state index contributed by atoms with van der Waals surface area (Å²) < 4.78 is 5.75. The van der Waals surface area contributed by atoms with Gasteiger partial charge in [-0.1, -0.05) is 17.7 Å². The van der Waals surface area contributed by atoms with E-state index in [0.29, 0.717) is 6.54 Å². The Morgan fingerprint density at radius 3 is 2.55 bits per heavy atom. The van der Waals surface area contributed by atoms with Crippen LogP contribution in [0.4, 0.5) is 0 Å². The highest BCUT2D eigenvalue weighted by Gasteiger charge is 2.23. The van der Waals surface area contributed by atoms with Gasteiger partial charge in [-0.15, -0.1) is 0 Å². The van der Waals surface area contributed by atoms with Gasteiger partial charge in [-0.05, 0) is 44.9 Å². The van der Waals surface area contributed by atoms with Crippen LogP contribution in [-0.2, 0) is 4.74 Å². The number of amides is 1. The van der Waals surface area contributed by atoms with Crippen LogP contribution < -0.4 is 5.73 Å². The summed E-state index contributed by atoms with van der Waals surface area (Å²) >= 11 is 0. The molecule has 0 radical (unpaired) electrons. The molecule has 0 bridgehead atoms. The number of carbonyl (C=O) groups is 1. The minimum atomic E-state index is 0.130. The second-order valence-electron chi connectivity index (χ2n) is 5.37. The largest absolute Gasteiger partial charge is 0.378 e. The van der Waals surface area contributed by atoms with E-state index in [2.05, 4.69) is 0 Å². The molecular weight excluding hydrogens is 252 g/mol. The van der Waals surface area contributed by atoms with Crippen LogP contribution in [0.15, 0.2) is 24.3 Å². The number of hydrogen-bond acceptors (Lipinski definition) is 3. The molecule has 0 unspecified atom stereocenters. The zero-order valence-corrected chi connectivity index (χ0v) is 12.2. The standard InChI is InChI=1S/C16H24N2O2/c1-13-3-5-14(6-4-13)16(19)18-10-7-15(8-11-18)20-12-2-9-17/h3-6,15H,2,7-12,17H2,1H3. The van der Waals surface area contributed by atoms with Crippen molar-refractivity contribution in [2.75, 3.05) is 26.2 Å². The van der Waals surface area contributed by atoms with Gasteiger partial charge in [0, 0.05) is 25.3 Å². The first-order valence-electron chi connectivity index (χ1n) is 7.38. The summed E-state index contributed by atoms with van der Waals surface area (Å²) in [6.07, 6.45) is 3.02. The first-order chi connectivity index (χ1) is 9.70. The highest BCUT2D eigenvalue weighted by molar-refractivity contribution is 5.94. The zero-order chi connectivity index (χ0) is 14.4. The monoisotopic (exact) mass is 276 g/mol. The molecule has 0 atom stereocenters. The van der Waals surface area contributed by atoms with E-state index in [1.807, 2.05) is 36.1 Å². The predicted molar refractivity (Wildman–Crippen MR) is 79.7 cm³/mol. The topological polar surface area (TPSA) is 55.6 Å². The van der Waals surface area contributed by atoms with Crippen LogP contribution in [0.5, 0.6) is 0 Å². The van der Waals surface area contributed by atoms with Crippen molar-refractivity contribution < 1.29 is 9.53 Å². The van der Waals surface area contributed by atoms with E-state index in [9.17, 15) is 4.79 Å². The molecule has 1 amide bonds. The Bertz CT molecular complexity index is 423. The van der Waals surface area contributed by atoms with Crippen molar-refractivity contribution in [3.05, 3.63) is 35.4 Å². The summed E-state index contributed by atoms with van der Waals surface area (Å²) in [5, 5.41) is 0. The molecule has 2 N–H and O–H groups in total. The Balaban J connectivity index is 1.81. The zero-order valence-electron chi connectivity index (χ0n) is 12.2. The van der Waals surface area contributed by atoms with E-state index >= 15 is 0 Å². The molecular formula is C16H24N2O2. The van der Waals surface area contributed by atoms with Crippen molar-refractivity contribution >= 4 is 5.91 Å². The molecule has 20 heavy (non-hydrogen) atoms. The van der Waals surface area contributed by atoms with Gasteiger partial charge in [0.15, 0.2) is 0 Å². The van der Waals surface area contributed by atoms with Gasteiger partial charge in [-0.25, -0.2) is 0 Å². The van der Waals surface area contributed by atoms with Gasteiger partial charge in [0.2, 0.25) is 0 Å². The number of aryl methyl sites for hydroxylation is 1. The number of nitrogens with zero attached hydrogens (tertiary/aromatic N) is 1. The second-order valence-corrected chi connectivity index (χ2v) is 5.37. The van der Waals surface area contributed by atoms with E-state index in [-0.39, 0.29) is 12.0 Å². The van der Waals surface area contributed by atoms with Crippen molar-refractivity contribution in [2.24, 2.45) is 5.73 Å². The maximum atomic E-state index is 12.3. The average molecular weight is 276 g/mol. The summed E-state index contributed by atoms with van der Waals surface area (Å²) in [6.45, 7) is 4.98. The van der Waals surface area contributed by atoms with Gasteiger partial charge in [0.05, 0.1) is 6.10 Å². The van der Waals surface area contributed by atoms with Crippen molar-refractivity contribution in [2.45, 2.75) is 32.3 Å². The van der Waals surface area contributed by atoms with E-state index in [4.69, 9.17) is 10.5 Å². The van der Waals surface area contributed by atoms with Gasteiger partial charge >= 0.3 is 0 Å². The lowest BCUT2D eigenvalue weighted by Crippen LogP contribution is -2.41. The molecule has 2 rings (SSSR count). The molecule has 0 aromatic heterocycles. The van der Waals surface area contributed by atoms with Crippen LogP contribution in [0.3, 0.4) is 0 Å². The van der Waals surface area contributed by atoms with Crippen molar-refractivity contribution in [3.63, 3.8) is 0 Å². The molecule has 1 aromatic rings. The van der Waals surface area contributed by atoms with Gasteiger partial charge in [0.25, 0.3) is 5.91 Å². The van der Waals surface area contributed by atoms with Crippen LogP contribution in [-0.4, -0.2) is 43.2 Å². The summed E-state index contributed by atoms with van der Waals surface area (Å²) in [4.78, 5) is 14.3. The molecule has 0 aliphatic carbocycles. The third kappa shape index (κ3) is 4.05. The fourth-order valence-corrected chi connectivity index (χ4v) is 2.44. The number of piperidine rings is 1. The normalized spacial score (nSPS) is 16.4. The number of ether oxygens (including phenoxy) is 1. The minimum absolute atomic E-state index is 0.130. The molecule has 1 saturated heterocycles. The number of benzene rings is 1. The van der Waals surface area contributed by atoms with Crippen LogP contribution in [0.25, 0.3) is 0 Å². The highest BCUT2D eigenvalue weighted by atomic mass is 16.5. The predicted octanol–water partition coefficient (Wildman–Crippen LogP) is 1.97. The first-order valence-corrected chi connectivity index (χ1v) is 7.38. The lowest BCUT2D eigenvalue weighted by atomic mass is 10.1. The molecule has 1 aromatic carbocycles. The molecule has 4 heteroatoms. The van der Waals surface area contributed by atoms with Gasteiger partial charge in [-0.3, -0.25) is 4.79 Å². The smallest absolute Gasteiger partial charge is 0.253 e. The SMILES string of the molecule is Cc1ccc(C(=O)N2CCC(OCCCN)CC2)cc1. The third-order valence-corrected chi connectivity index (χ3v) is 3.73. The number of nitrogens with two attached hydrogens (primary N) is 1. The highest BCUT2D eigenvalue weighted by Crippen LogP contribution is 2.16. The lowest BCUT2D eigenvalue weighted by Gasteiger charge is -2.32. The Morgan fingerprint density at radius 2 is 1.95 bits per heavy atom. The maximum absolute atomic E-state index is 12.3.